The number of rotatable bonds is 4. The van der Waals surface area contributed by atoms with E-state index in [0.717, 1.165) is 54.6 Å². The van der Waals surface area contributed by atoms with E-state index in [2.05, 4.69) is 41.7 Å². The third-order valence-electron chi connectivity index (χ3n) is 4.88. The highest BCUT2D eigenvalue weighted by molar-refractivity contribution is 5.74. The van der Waals surface area contributed by atoms with Crippen LogP contribution in [0.5, 0.6) is 0 Å². The number of anilines is 3. The summed E-state index contributed by atoms with van der Waals surface area (Å²) in [6, 6.07) is 4.00. The van der Waals surface area contributed by atoms with Gasteiger partial charge in [0.2, 0.25) is 0 Å². The van der Waals surface area contributed by atoms with Crippen molar-refractivity contribution in [3.05, 3.63) is 49.3 Å². The van der Waals surface area contributed by atoms with Crippen molar-refractivity contribution in [2.75, 3.05) is 36.4 Å². The first-order valence-electron chi connectivity index (χ1n) is 11.3. The molecule has 0 saturated carbocycles. The van der Waals surface area contributed by atoms with Crippen LogP contribution in [0.2, 0.25) is 0 Å². The molecule has 9 heteroatoms. The Morgan fingerprint density at radius 2 is 1.75 bits per heavy atom. The second-order valence-electron chi connectivity index (χ2n) is 6.78. The Kier molecular flexibility index (Phi) is 8.15. The Morgan fingerprint density at radius 3 is 2.47 bits per heavy atom. The summed E-state index contributed by atoms with van der Waals surface area (Å²) in [6.07, 6.45) is 11.2. The van der Waals surface area contributed by atoms with Gasteiger partial charge in [-0.15, -0.1) is 0 Å². The summed E-state index contributed by atoms with van der Waals surface area (Å²) >= 11 is 0. The van der Waals surface area contributed by atoms with Crippen LogP contribution in [0.15, 0.2) is 49.3 Å². The standard InChI is InChI=1S/C19H21N9.2C2H6/c1-26-13-14(11-24-26)16-12-23-19-18(22-6-9-28(16)19)25-15-2-3-21-17(10-15)27-7-4-20-5-8-27;2*1-2/h2-3,6,9-13,20H,4-5,7-8H2,1H3,(H,21,22,25);2*1-2H3. The predicted octanol–water partition coefficient (Wildman–Crippen LogP) is 3.73. The van der Waals surface area contributed by atoms with Crippen molar-refractivity contribution in [3.63, 3.8) is 0 Å². The summed E-state index contributed by atoms with van der Waals surface area (Å²) in [4.78, 5) is 15.9. The molecular weight excluding hydrogens is 402 g/mol. The monoisotopic (exact) mass is 435 g/mol. The number of fused-ring (bicyclic) bond motifs is 1. The zero-order valence-corrected chi connectivity index (χ0v) is 19.6. The van der Waals surface area contributed by atoms with Crippen LogP contribution in [0.25, 0.3) is 16.9 Å². The van der Waals surface area contributed by atoms with E-state index in [1.807, 2.05) is 76.2 Å². The third-order valence-corrected chi connectivity index (χ3v) is 4.88. The Balaban J connectivity index is 0.000000686. The van der Waals surface area contributed by atoms with E-state index in [4.69, 9.17) is 0 Å². The lowest BCUT2D eigenvalue weighted by atomic mass is 10.3. The van der Waals surface area contributed by atoms with Gasteiger partial charge in [0.1, 0.15) is 5.82 Å². The van der Waals surface area contributed by atoms with Crippen LogP contribution in [0, 0.1) is 0 Å². The normalized spacial score (nSPS) is 13.1. The van der Waals surface area contributed by atoms with Gasteiger partial charge in [-0.05, 0) is 6.07 Å². The minimum Gasteiger partial charge on any atom is -0.354 e. The van der Waals surface area contributed by atoms with Gasteiger partial charge in [-0.25, -0.2) is 15.0 Å². The molecule has 1 aliphatic heterocycles. The van der Waals surface area contributed by atoms with Crippen LogP contribution in [0.3, 0.4) is 0 Å². The molecule has 170 valence electrons. The molecule has 0 aliphatic carbocycles. The fourth-order valence-electron chi connectivity index (χ4n) is 3.47. The molecule has 1 fully saturated rings. The van der Waals surface area contributed by atoms with Crippen LogP contribution in [-0.4, -0.2) is 55.3 Å². The van der Waals surface area contributed by atoms with Gasteiger partial charge in [0, 0.05) is 75.3 Å². The second-order valence-corrected chi connectivity index (χ2v) is 6.78. The first-order chi connectivity index (χ1) is 15.8. The lowest BCUT2D eigenvalue weighted by Crippen LogP contribution is -2.43. The molecule has 9 nitrogen and oxygen atoms in total. The van der Waals surface area contributed by atoms with Crippen molar-refractivity contribution in [3.8, 4) is 11.3 Å². The molecular formula is C23H33N9. The van der Waals surface area contributed by atoms with Crippen molar-refractivity contribution in [1.29, 1.82) is 0 Å². The highest BCUT2D eigenvalue weighted by Gasteiger charge is 2.14. The first kappa shape index (κ1) is 23.2. The van der Waals surface area contributed by atoms with Crippen LogP contribution >= 0.6 is 0 Å². The molecule has 5 rings (SSSR count). The zero-order valence-electron chi connectivity index (χ0n) is 19.6. The number of nitrogens with zero attached hydrogens (tertiary/aromatic N) is 7. The first-order valence-corrected chi connectivity index (χ1v) is 11.3. The molecule has 1 saturated heterocycles. The van der Waals surface area contributed by atoms with E-state index < -0.39 is 0 Å². The van der Waals surface area contributed by atoms with Gasteiger partial charge in [0.15, 0.2) is 11.5 Å². The van der Waals surface area contributed by atoms with Crippen LogP contribution in [0.1, 0.15) is 27.7 Å². The van der Waals surface area contributed by atoms with Gasteiger partial charge in [-0.1, -0.05) is 27.7 Å². The Labute approximate surface area is 189 Å². The minimum atomic E-state index is 0.704. The Bertz CT molecular complexity index is 1110. The van der Waals surface area contributed by atoms with Crippen LogP contribution in [0.4, 0.5) is 17.3 Å². The Morgan fingerprint density at radius 1 is 0.969 bits per heavy atom. The number of hydrogen-bond donors (Lipinski definition) is 2. The summed E-state index contributed by atoms with van der Waals surface area (Å²) < 4.78 is 3.80. The van der Waals surface area contributed by atoms with Crippen molar-refractivity contribution < 1.29 is 0 Å². The number of aromatic nitrogens is 6. The molecule has 0 atom stereocenters. The summed E-state index contributed by atoms with van der Waals surface area (Å²) in [5.74, 6) is 1.67. The molecule has 5 heterocycles. The number of pyridine rings is 1. The Hall–Kier alpha value is -3.46. The third kappa shape index (κ3) is 5.05. The second kappa shape index (κ2) is 11.2. The summed E-state index contributed by atoms with van der Waals surface area (Å²) in [6.45, 7) is 11.9. The van der Waals surface area contributed by atoms with Crippen molar-refractivity contribution in [2.24, 2.45) is 7.05 Å². The number of nitrogens with one attached hydrogen (secondary N) is 2. The van der Waals surface area contributed by atoms with Crippen LogP contribution in [-0.2, 0) is 7.05 Å². The van der Waals surface area contributed by atoms with E-state index in [1.54, 1.807) is 10.9 Å². The van der Waals surface area contributed by atoms with Crippen LogP contribution < -0.4 is 15.5 Å². The van der Waals surface area contributed by atoms with Gasteiger partial charge < -0.3 is 15.5 Å². The molecule has 2 N–H and O–H groups in total. The lowest BCUT2D eigenvalue weighted by molar-refractivity contribution is 0.585. The van der Waals surface area contributed by atoms with Gasteiger partial charge in [0.05, 0.1) is 18.1 Å². The van der Waals surface area contributed by atoms with E-state index in [1.165, 1.54) is 0 Å². The van der Waals surface area contributed by atoms with E-state index in [-0.39, 0.29) is 0 Å². The average Bonchev–Trinajstić information content (AvgIpc) is 3.49. The topological polar surface area (TPSA) is 88.2 Å². The lowest BCUT2D eigenvalue weighted by Gasteiger charge is -2.28. The predicted molar refractivity (Wildman–Crippen MR) is 130 cm³/mol. The molecule has 0 aromatic carbocycles. The molecule has 0 bridgehead atoms. The molecule has 0 unspecified atom stereocenters. The maximum Gasteiger partial charge on any atom is 0.180 e. The van der Waals surface area contributed by atoms with Gasteiger partial charge >= 0.3 is 0 Å². The largest absolute Gasteiger partial charge is 0.354 e. The van der Waals surface area contributed by atoms with Gasteiger partial charge in [0.25, 0.3) is 0 Å². The number of hydrogen-bond acceptors (Lipinski definition) is 7. The molecule has 4 aromatic heterocycles. The maximum absolute atomic E-state index is 4.58. The highest BCUT2D eigenvalue weighted by Crippen LogP contribution is 2.26. The van der Waals surface area contributed by atoms with E-state index >= 15 is 0 Å². The quantitative estimate of drug-likeness (QED) is 0.505. The minimum absolute atomic E-state index is 0.704. The molecule has 0 radical (unpaired) electrons. The molecule has 0 amide bonds. The number of imidazole rings is 1. The highest BCUT2D eigenvalue weighted by atomic mass is 15.2. The number of piperazine rings is 1. The van der Waals surface area contributed by atoms with Crippen molar-refractivity contribution in [2.45, 2.75) is 27.7 Å². The molecule has 4 aromatic rings. The molecule has 32 heavy (non-hydrogen) atoms. The fraction of sp³-hybridized carbons (Fsp3) is 0.391. The maximum atomic E-state index is 4.58. The zero-order chi connectivity index (χ0) is 22.9. The van der Waals surface area contributed by atoms with Crippen molar-refractivity contribution in [1.82, 2.24) is 34.4 Å². The summed E-state index contributed by atoms with van der Waals surface area (Å²) in [7, 11) is 1.90. The van der Waals surface area contributed by atoms with Gasteiger partial charge in [-0.3, -0.25) is 9.08 Å². The van der Waals surface area contributed by atoms with Gasteiger partial charge in [-0.2, -0.15) is 5.10 Å². The smallest absolute Gasteiger partial charge is 0.180 e. The SMILES string of the molecule is CC.CC.Cn1cc(-c2cnc3c(Nc4ccnc(N5CCNCC5)c4)nccn23)cn1. The summed E-state index contributed by atoms with van der Waals surface area (Å²) in [5, 5.41) is 11.0. The average molecular weight is 436 g/mol. The van der Waals surface area contributed by atoms with E-state index in [0.29, 0.717) is 5.82 Å². The molecule has 0 spiro atoms. The van der Waals surface area contributed by atoms with Crippen molar-refractivity contribution >= 4 is 23.0 Å². The van der Waals surface area contributed by atoms with E-state index in [9.17, 15) is 0 Å². The number of aryl methyl sites for hydroxylation is 1. The fourth-order valence-corrected chi connectivity index (χ4v) is 3.47. The molecule has 1 aliphatic rings. The summed E-state index contributed by atoms with van der Waals surface area (Å²) in [5.41, 5.74) is 3.69.